The van der Waals surface area contributed by atoms with E-state index in [4.69, 9.17) is 23.7 Å². The number of nitrogen functional groups attached to an aromatic ring is 2. The van der Waals surface area contributed by atoms with Gasteiger partial charge in [0.1, 0.15) is 0 Å². The number of thiocarbonyl (C=S) groups is 1. The molecule has 6 N–H and O–H groups in total. The molecule has 0 aliphatic heterocycles. The lowest BCUT2D eigenvalue weighted by atomic mass is 10.3. The molecule has 4 nitrogen and oxygen atoms in total. The fourth-order valence-corrected chi connectivity index (χ4v) is 2.08. The average molecular weight is 336 g/mol. The number of nitrogens with one attached hydrogen (secondary N) is 2. The van der Waals surface area contributed by atoms with Gasteiger partial charge in [0.2, 0.25) is 0 Å². The molecular weight excluding hydrogens is 316 g/mol. The molecule has 0 saturated heterocycles. The highest BCUT2D eigenvalue weighted by atomic mass is 32.1. The van der Waals surface area contributed by atoms with Gasteiger partial charge in [0.25, 0.3) is 0 Å². The summed E-state index contributed by atoms with van der Waals surface area (Å²) in [5, 5.41) is 6.82. The summed E-state index contributed by atoms with van der Waals surface area (Å²) in [6.07, 6.45) is 0. The molecule has 0 heterocycles. The van der Waals surface area contributed by atoms with Gasteiger partial charge in [-0.1, -0.05) is 48.5 Å². The Balaban J connectivity index is 0.000000219. The third kappa shape index (κ3) is 5.98. The molecular formula is C19H20N4S. The van der Waals surface area contributed by atoms with Crippen LogP contribution in [0.25, 0.3) is 0 Å². The van der Waals surface area contributed by atoms with Gasteiger partial charge in [0.15, 0.2) is 5.11 Å². The first-order valence-corrected chi connectivity index (χ1v) is 7.84. The molecule has 0 fully saturated rings. The van der Waals surface area contributed by atoms with Gasteiger partial charge in [-0.25, -0.2) is 0 Å². The first-order valence-electron chi connectivity index (χ1n) is 7.43. The van der Waals surface area contributed by atoms with Crippen molar-refractivity contribution in [1.82, 2.24) is 0 Å². The van der Waals surface area contributed by atoms with Gasteiger partial charge in [-0.3, -0.25) is 0 Å². The van der Waals surface area contributed by atoms with Crippen LogP contribution in [0.2, 0.25) is 0 Å². The first kappa shape index (κ1) is 17.3. The van der Waals surface area contributed by atoms with Crippen LogP contribution in [-0.4, -0.2) is 5.11 Å². The summed E-state index contributed by atoms with van der Waals surface area (Å²) in [4.78, 5) is 0. The van der Waals surface area contributed by atoms with E-state index < -0.39 is 0 Å². The topological polar surface area (TPSA) is 76.1 Å². The minimum Gasteiger partial charge on any atom is -0.397 e. The highest BCUT2D eigenvalue weighted by Crippen LogP contribution is 2.10. The fraction of sp³-hybridized carbons (Fsp3) is 0. The van der Waals surface area contributed by atoms with E-state index in [9.17, 15) is 0 Å². The van der Waals surface area contributed by atoms with Crippen molar-refractivity contribution in [2.24, 2.45) is 0 Å². The Hall–Kier alpha value is -3.05. The number of hydrogen-bond donors (Lipinski definition) is 4. The zero-order valence-electron chi connectivity index (χ0n) is 13.1. The molecule has 0 aromatic heterocycles. The molecule has 0 saturated carbocycles. The number of benzene rings is 3. The van der Waals surface area contributed by atoms with Crippen LogP contribution in [0.15, 0.2) is 84.9 Å². The zero-order chi connectivity index (χ0) is 17.2. The second-order valence-corrected chi connectivity index (χ2v) is 5.35. The van der Waals surface area contributed by atoms with Crippen LogP contribution in [0.1, 0.15) is 0 Å². The van der Waals surface area contributed by atoms with E-state index >= 15 is 0 Å². The summed E-state index contributed by atoms with van der Waals surface area (Å²) < 4.78 is 0. The third-order valence-corrected chi connectivity index (χ3v) is 3.26. The van der Waals surface area contributed by atoms with Gasteiger partial charge < -0.3 is 22.1 Å². The number of anilines is 4. The summed E-state index contributed by atoms with van der Waals surface area (Å²) in [6, 6.07) is 26.9. The smallest absolute Gasteiger partial charge is 0.175 e. The molecule has 24 heavy (non-hydrogen) atoms. The summed E-state index contributed by atoms with van der Waals surface area (Å²) in [5.74, 6) is 0. The molecule has 0 radical (unpaired) electrons. The van der Waals surface area contributed by atoms with Crippen molar-refractivity contribution in [2.75, 3.05) is 22.1 Å². The number of para-hydroxylation sites is 4. The van der Waals surface area contributed by atoms with Crippen LogP contribution in [0.4, 0.5) is 22.7 Å². The Morgan fingerprint density at radius 3 is 1.25 bits per heavy atom. The Labute approximate surface area is 147 Å². The molecule has 0 atom stereocenters. The first-order chi connectivity index (χ1) is 11.6. The zero-order valence-corrected chi connectivity index (χ0v) is 14.0. The molecule has 0 aliphatic rings. The average Bonchev–Trinajstić information content (AvgIpc) is 2.60. The van der Waals surface area contributed by atoms with Crippen molar-refractivity contribution in [3.63, 3.8) is 0 Å². The van der Waals surface area contributed by atoms with Crippen molar-refractivity contribution in [3.05, 3.63) is 84.9 Å². The molecule has 3 aromatic rings. The Kier molecular flexibility index (Phi) is 6.61. The van der Waals surface area contributed by atoms with E-state index in [1.807, 2.05) is 72.8 Å². The maximum atomic E-state index is 5.39. The van der Waals surface area contributed by atoms with E-state index in [1.54, 1.807) is 12.1 Å². The predicted octanol–water partition coefficient (Wildman–Crippen LogP) is 4.35. The molecule has 0 bridgehead atoms. The molecule has 3 rings (SSSR count). The molecule has 3 aromatic carbocycles. The lowest BCUT2D eigenvalue weighted by Gasteiger charge is -2.09. The molecule has 0 aliphatic carbocycles. The standard InChI is InChI=1S/C13H12N2S.C6H8N2/c16-13(14-11-7-3-1-4-8-11)15-12-9-5-2-6-10-12;7-5-3-1-2-4-6(5)8/h1-10H,(H2,14,15,16);1-4H,7-8H2. The van der Waals surface area contributed by atoms with Gasteiger partial charge >= 0.3 is 0 Å². The summed E-state index contributed by atoms with van der Waals surface area (Å²) in [7, 11) is 0. The second-order valence-electron chi connectivity index (χ2n) is 4.94. The summed E-state index contributed by atoms with van der Waals surface area (Å²) in [5.41, 5.74) is 14.0. The van der Waals surface area contributed by atoms with E-state index in [2.05, 4.69) is 10.6 Å². The highest BCUT2D eigenvalue weighted by Gasteiger charge is 1.96. The van der Waals surface area contributed by atoms with E-state index in [1.165, 1.54) is 0 Å². The van der Waals surface area contributed by atoms with Gasteiger partial charge in [-0.15, -0.1) is 0 Å². The minimum atomic E-state index is 0.595. The van der Waals surface area contributed by atoms with Crippen molar-refractivity contribution >= 4 is 40.1 Å². The van der Waals surface area contributed by atoms with Crippen LogP contribution >= 0.6 is 12.2 Å². The van der Waals surface area contributed by atoms with Crippen molar-refractivity contribution in [3.8, 4) is 0 Å². The lowest BCUT2D eigenvalue weighted by molar-refractivity contribution is 1.60. The Morgan fingerprint density at radius 1 is 0.583 bits per heavy atom. The minimum absolute atomic E-state index is 0.595. The quantitative estimate of drug-likeness (QED) is 0.413. The van der Waals surface area contributed by atoms with Crippen LogP contribution < -0.4 is 22.1 Å². The monoisotopic (exact) mass is 336 g/mol. The largest absolute Gasteiger partial charge is 0.397 e. The van der Waals surface area contributed by atoms with E-state index in [0.717, 1.165) is 11.4 Å². The van der Waals surface area contributed by atoms with Crippen LogP contribution in [0.5, 0.6) is 0 Å². The predicted molar refractivity (Wildman–Crippen MR) is 108 cm³/mol. The van der Waals surface area contributed by atoms with Gasteiger partial charge in [0, 0.05) is 11.4 Å². The normalized spacial score (nSPS) is 9.33. The highest BCUT2D eigenvalue weighted by molar-refractivity contribution is 7.80. The number of rotatable bonds is 2. The van der Waals surface area contributed by atoms with Crippen molar-refractivity contribution < 1.29 is 0 Å². The maximum Gasteiger partial charge on any atom is 0.175 e. The maximum absolute atomic E-state index is 5.39. The van der Waals surface area contributed by atoms with Gasteiger partial charge in [0.05, 0.1) is 11.4 Å². The van der Waals surface area contributed by atoms with Crippen molar-refractivity contribution in [1.29, 1.82) is 0 Å². The van der Waals surface area contributed by atoms with Crippen molar-refractivity contribution in [2.45, 2.75) is 0 Å². The van der Waals surface area contributed by atoms with Gasteiger partial charge in [-0.2, -0.15) is 0 Å². The van der Waals surface area contributed by atoms with E-state index in [0.29, 0.717) is 16.5 Å². The van der Waals surface area contributed by atoms with Crippen LogP contribution in [0, 0.1) is 0 Å². The molecule has 0 spiro atoms. The molecule has 0 unspecified atom stereocenters. The number of nitrogens with two attached hydrogens (primary N) is 2. The third-order valence-electron chi connectivity index (χ3n) is 3.06. The summed E-state index contributed by atoms with van der Waals surface area (Å²) >= 11 is 5.20. The van der Waals surface area contributed by atoms with Gasteiger partial charge in [-0.05, 0) is 48.6 Å². The lowest BCUT2D eigenvalue weighted by Crippen LogP contribution is -2.18. The Morgan fingerprint density at radius 2 is 0.917 bits per heavy atom. The van der Waals surface area contributed by atoms with E-state index in [-0.39, 0.29) is 0 Å². The second kappa shape index (κ2) is 9.17. The van der Waals surface area contributed by atoms with Crippen LogP contribution in [0.3, 0.4) is 0 Å². The molecule has 122 valence electrons. The number of hydrogen-bond acceptors (Lipinski definition) is 3. The summed E-state index contributed by atoms with van der Waals surface area (Å²) in [6.45, 7) is 0. The Bertz CT molecular complexity index is 696. The SMILES string of the molecule is Nc1ccccc1N.S=C(Nc1ccccc1)Nc1ccccc1. The van der Waals surface area contributed by atoms with Crippen LogP contribution in [-0.2, 0) is 0 Å². The fourth-order valence-electron chi connectivity index (χ4n) is 1.85. The molecule has 5 heteroatoms. The molecule has 0 amide bonds.